The predicted molar refractivity (Wildman–Crippen MR) is 67.5 cm³/mol. The van der Waals surface area contributed by atoms with E-state index in [0.717, 1.165) is 18.9 Å². The second-order valence-electron chi connectivity index (χ2n) is 4.81. The molecule has 0 bridgehead atoms. The topological polar surface area (TPSA) is 41.8 Å². The van der Waals surface area contributed by atoms with E-state index in [-0.39, 0.29) is 0 Å². The van der Waals surface area contributed by atoms with Crippen molar-refractivity contribution in [2.45, 2.75) is 25.7 Å². The summed E-state index contributed by atoms with van der Waals surface area (Å²) >= 11 is 0. The van der Waals surface area contributed by atoms with Crippen LogP contribution in [0.4, 0.5) is 0 Å². The van der Waals surface area contributed by atoms with E-state index in [2.05, 4.69) is 29.2 Å². The normalized spacial score (nSPS) is 19.9. The van der Waals surface area contributed by atoms with Crippen molar-refractivity contribution in [3.8, 4) is 0 Å². The molecule has 84 valence electrons. The molecule has 2 nitrogen and oxygen atoms in total. The van der Waals surface area contributed by atoms with Gasteiger partial charge >= 0.3 is 0 Å². The average molecular weight is 214 g/mol. The van der Waals surface area contributed by atoms with Crippen LogP contribution in [-0.2, 0) is 12.8 Å². The molecule has 1 aliphatic rings. The maximum absolute atomic E-state index is 5.64. The summed E-state index contributed by atoms with van der Waals surface area (Å²) in [6, 6.07) is 8.63. The van der Waals surface area contributed by atoms with E-state index in [1.807, 2.05) is 0 Å². The molecule has 16 heavy (non-hydrogen) atoms. The lowest BCUT2D eigenvalue weighted by Crippen LogP contribution is -2.17. The lowest BCUT2D eigenvalue weighted by Gasteiger charge is -2.21. The number of fused-ring (bicyclic) bond motifs is 3. The molecule has 0 radical (unpaired) electrons. The lowest BCUT2D eigenvalue weighted by molar-refractivity contribution is 0.430. The first kappa shape index (κ1) is 9.91. The summed E-state index contributed by atoms with van der Waals surface area (Å²) in [5, 5.41) is 1.42. The molecule has 1 aromatic carbocycles. The molecule has 0 saturated carbocycles. The standard InChI is InChI=1S/C14H18N2/c15-8-7-10-5-6-12-11-3-1-2-4-13(11)16-14(12)9-10/h1-4,10,16H,5-9,15H2. The predicted octanol–water partition coefficient (Wildman–Crippen LogP) is 2.62. The summed E-state index contributed by atoms with van der Waals surface area (Å²) in [6.07, 6.45) is 4.85. The summed E-state index contributed by atoms with van der Waals surface area (Å²) < 4.78 is 0. The maximum Gasteiger partial charge on any atom is 0.0458 e. The van der Waals surface area contributed by atoms with E-state index in [1.165, 1.54) is 35.9 Å². The van der Waals surface area contributed by atoms with Gasteiger partial charge in [-0.2, -0.15) is 0 Å². The third-order valence-electron chi connectivity index (χ3n) is 3.77. The summed E-state index contributed by atoms with van der Waals surface area (Å²) in [5.41, 5.74) is 9.93. The first-order valence-electron chi connectivity index (χ1n) is 6.17. The van der Waals surface area contributed by atoms with Gasteiger partial charge in [0, 0.05) is 16.6 Å². The lowest BCUT2D eigenvalue weighted by atomic mass is 9.85. The highest BCUT2D eigenvalue weighted by Crippen LogP contribution is 2.32. The van der Waals surface area contributed by atoms with Crippen LogP contribution in [0, 0.1) is 5.92 Å². The van der Waals surface area contributed by atoms with Crippen LogP contribution in [0.3, 0.4) is 0 Å². The largest absolute Gasteiger partial charge is 0.358 e. The van der Waals surface area contributed by atoms with Crippen molar-refractivity contribution < 1.29 is 0 Å². The first-order chi connectivity index (χ1) is 7.88. The van der Waals surface area contributed by atoms with Crippen LogP contribution in [0.15, 0.2) is 24.3 Å². The fourth-order valence-electron chi connectivity index (χ4n) is 2.94. The van der Waals surface area contributed by atoms with E-state index in [1.54, 1.807) is 5.56 Å². The van der Waals surface area contributed by atoms with Crippen LogP contribution in [0.25, 0.3) is 10.9 Å². The zero-order valence-electron chi connectivity index (χ0n) is 9.50. The number of aryl methyl sites for hydroxylation is 1. The van der Waals surface area contributed by atoms with Crippen molar-refractivity contribution in [2.75, 3.05) is 6.54 Å². The number of benzene rings is 1. The van der Waals surface area contributed by atoms with Crippen molar-refractivity contribution in [1.29, 1.82) is 0 Å². The van der Waals surface area contributed by atoms with Gasteiger partial charge in [0.1, 0.15) is 0 Å². The van der Waals surface area contributed by atoms with Crippen LogP contribution in [0.2, 0.25) is 0 Å². The van der Waals surface area contributed by atoms with Crippen LogP contribution >= 0.6 is 0 Å². The Morgan fingerprint density at radius 2 is 2.19 bits per heavy atom. The molecule has 1 unspecified atom stereocenters. The van der Waals surface area contributed by atoms with Gasteiger partial charge in [-0.1, -0.05) is 18.2 Å². The van der Waals surface area contributed by atoms with Crippen LogP contribution in [-0.4, -0.2) is 11.5 Å². The Hall–Kier alpha value is -1.28. The van der Waals surface area contributed by atoms with Gasteiger partial charge in [-0.15, -0.1) is 0 Å². The molecule has 2 heteroatoms. The highest BCUT2D eigenvalue weighted by Gasteiger charge is 2.21. The van der Waals surface area contributed by atoms with Crippen LogP contribution in [0.5, 0.6) is 0 Å². The second-order valence-corrected chi connectivity index (χ2v) is 4.81. The summed E-state index contributed by atoms with van der Waals surface area (Å²) in [4.78, 5) is 3.56. The third-order valence-corrected chi connectivity index (χ3v) is 3.77. The molecule has 1 aliphatic carbocycles. The van der Waals surface area contributed by atoms with Crippen molar-refractivity contribution in [3.05, 3.63) is 35.5 Å². The van der Waals surface area contributed by atoms with Crippen LogP contribution in [0.1, 0.15) is 24.1 Å². The molecule has 1 aromatic heterocycles. The van der Waals surface area contributed by atoms with E-state index >= 15 is 0 Å². The SMILES string of the molecule is NCCC1CCc2c([nH]c3ccccc23)C1. The molecule has 0 aliphatic heterocycles. The Morgan fingerprint density at radius 3 is 3.06 bits per heavy atom. The molecule has 3 rings (SSSR count). The minimum absolute atomic E-state index is 0.783. The van der Waals surface area contributed by atoms with Crippen molar-refractivity contribution in [2.24, 2.45) is 11.7 Å². The Kier molecular flexibility index (Phi) is 2.44. The van der Waals surface area contributed by atoms with Crippen molar-refractivity contribution >= 4 is 10.9 Å². The van der Waals surface area contributed by atoms with Crippen LogP contribution < -0.4 is 5.73 Å². The Bertz CT molecular complexity index is 498. The molecule has 3 N–H and O–H groups in total. The number of rotatable bonds is 2. The number of nitrogens with two attached hydrogens (primary N) is 1. The van der Waals surface area contributed by atoms with Gasteiger partial charge in [0.05, 0.1) is 0 Å². The van der Waals surface area contributed by atoms with E-state index in [9.17, 15) is 0 Å². The average Bonchev–Trinajstić information content (AvgIpc) is 2.67. The zero-order valence-corrected chi connectivity index (χ0v) is 9.50. The minimum Gasteiger partial charge on any atom is -0.358 e. The van der Waals surface area contributed by atoms with Crippen molar-refractivity contribution in [1.82, 2.24) is 4.98 Å². The molecular weight excluding hydrogens is 196 g/mol. The van der Waals surface area contributed by atoms with Crippen molar-refractivity contribution in [3.63, 3.8) is 0 Å². The summed E-state index contributed by atoms with van der Waals surface area (Å²) in [7, 11) is 0. The fraction of sp³-hybridized carbons (Fsp3) is 0.429. The molecule has 1 heterocycles. The van der Waals surface area contributed by atoms with Gasteiger partial charge in [0.25, 0.3) is 0 Å². The molecule has 0 fully saturated rings. The van der Waals surface area contributed by atoms with Gasteiger partial charge < -0.3 is 10.7 Å². The third kappa shape index (κ3) is 1.54. The fourth-order valence-corrected chi connectivity index (χ4v) is 2.94. The maximum atomic E-state index is 5.64. The van der Waals surface area contributed by atoms with E-state index < -0.39 is 0 Å². The Balaban J connectivity index is 1.99. The molecule has 0 saturated heterocycles. The molecule has 2 aromatic rings. The number of aromatic nitrogens is 1. The van der Waals surface area contributed by atoms with Gasteiger partial charge in [-0.3, -0.25) is 0 Å². The number of hydrogen-bond acceptors (Lipinski definition) is 1. The summed E-state index contributed by atoms with van der Waals surface area (Å²) in [6.45, 7) is 0.820. The smallest absolute Gasteiger partial charge is 0.0458 e. The monoisotopic (exact) mass is 214 g/mol. The first-order valence-corrected chi connectivity index (χ1v) is 6.17. The number of nitrogens with one attached hydrogen (secondary N) is 1. The summed E-state index contributed by atoms with van der Waals surface area (Å²) in [5.74, 6) is 0.783. The molecule has 0 amide bonds. The van der Waals surface area contributed by atoms with E-state index in [4.69, 9.17) is 5.73 Å². The van der Waals surface area contributed by atoms with E-state index in [0.29, 0.717) is 0 Å². The van der Waals surface area contributed by atoms with Gasteiger partial charge in [-0.25, -0.2) is 0 Å². The van der Waals surface area contributed by atoms with Gasteiger partial charge in [0.15, 0.2) is 0 Å². The highest BCUT2D eigenvalue weighted by molar-refractivity contribution is 5.84. The molecule has 0 spiro atoms. The Morgan fingerprint density at radius 1 is 1.31 bits per heavy atom. The highest BCUT2D eigenvalue weighted by atomic mass is 14.7. The number of aromatic amines is 1. The Labute approximate surface area is 95.8 Å². The number of H-pyrrole nitrogens is 1. The minimum atomic E-state index is 0.783. The quantitative estimate of drug-likeness (QED) is 0.792. The second kappa shape index (κ2) is 3.95. The number of para-hydroxylation sites is 1. The zero-order chi connectivity index (χ0) is 11.0. The molecule has 1 atom stereocenters. The van der Waals surface area contributed by atoms with Gasteiger partial charge in [0.2, 0.25) is 0 Å². The number of hydrogen-bond donors (Lipinski definition) is 2. The molecular formula is C14H18N2. The van der Waals surface area contributed by atoms with Gasteiger partial charge in [-0.05, 0) is 49.8 Å².